The number of ether oxygens (including phenoxy) is 1. The van der Waals surface area contributed by atoms with Gasteiger partial charge in [-0.2, -0.15) is 4.98 Å². The number of amides is 2. The summed E-state index contributed by atoms with van der Waals surface area (Å²) in [5, 5.41) is 6.49. The summed E-state index contributed by atoms with van der Waals surface area (Å²) in [4.78, 5) is 38.8. The van der Waals surface area contributed by atoms with Gasteiger partial charge in [0.2, 0.25) is 17.6 Å². The molecule has 3 aromatic rings. The number of nitrogens with zero attached hydrogens (tertiary/aromatic N) is 5. The van der Waals surface area contributed by atoms with Gasteiger partial charge < -0.3 is 19.5 Å². The Bertz CT molecular complexity index is 1030. The topological polar surface area (TPSA) is 123 Å². The number of rotatable bonds is 7. The molecule has 1 saturated heterocycles. The van der Waals surface area contributed by atoms with Crippen molar-refractivity contribution in [3.05, 3.63) is 60.4 Å². The first-order chi connectivity index (χ1) is 15.7. The van der Waals surface area contributed by atoms with Crippen molar-refractivity contribution in [3.63, 3.8) is 0 Å². The monoisotopic (exact) mass is 436 g/mol. The van der Waals surface area contributed by atoms with Gasteiger partial charge in [0.25, 0.3) is 0 Å². The Morgan fingerprint density at radius 3 is 2.91 bits per heavy atom. The average Bonchev–Trinajstić information content (AvgIpc) is 3.31. The number of hydrogen-bond acceptors (Lipinski definition) is 8. The molecule has 10 heteroatoms. The zero-order valence-electron chi connectivity index (χ0n) is 17.5. The number of carbonyl (C=O) groups is 2. The molecule has 0 spiro atoms. The molecule has 32 heavy (non-hydrogen) atoms. The van der Waals surface area contributed by atoms with E-state index in [0.717, 1.165) is 18.4 Å². The van der Waals surface area contributed by atoms with E-state index in [1.165, 1.54) is 0 Å². The summed E-state index contributed by atoms with van der Waals surface area (Å²) in [5.74, 6) is 0.965. The second-order valence-corrected chi connectivity index (χ2v) is 7.57. The minimum atomic E-state index is -0.613. The number of nitrogens with one attached hydrogen (secondary N) is 1. The van der Waals surface area contributed by atoms with Crippen LogP contribution in [0.25, 0.3) is 11.5 Å². The zero-order chi connectivity index (χ0) is 22.2. The van der Waals surface area contributed by atoms with Crippen LogP contribution in [0.15, 0.2) is 53.4 Å². The molecule has 10 nitrogen and oxygen atoms in total. The first-order valence-corrected chi connectivity index (χ1v) is 10.5. The molecule has 0 radical (unpaired) electrons. The normalized spacial score (nSPS) is 15.9. The minimum absolute atomic E-state index is 0.0995. The molecule has 1 N–H and O–H groups in total. The van der Waals surface area contributed by atoms with Crippen LogP contribution in [0.4, 0.5) is 4.79 Å². The molecule has 0 aliphatic carbocycles. The van der Waals surface area contributed by atoms with Crippen molar-refractivity contribution in [3.8, 4) is 11.5 Å². The molecular weight excluding hydrogens is 412 g/mol. The summed E-state index contributed by atoms with van der Waals surface area (Å²) in [6.45, 7) is 1.29. The Labute approximate surface area is 185 Å². The summed E-state index contributed by atoms with van der Waals surface area (Å²) in [7, 11) is 0. The number of aromatic nitrogens is 4. The molecule has 1 atom stereocenters. The smallest absolute Gasteiger partial charge is 0.407 e. The van der Waals surface area contributed by atoms with E-state index in [1.807, 2.05) is 30.3 Å². The number of carbonyl (C=O) groups excluding carboxylic acids is 2. The maximum Gasteiger partial charge on any atom is 0.407 e. The van der Waals surface area contributed by atoms with Gasteiger partial charge >= 0.3 is 6.09 Å². The van der Waals surface area contributed by atoms with Crippen LogP contribution < -0.4 is 5.32 Å². The van der Waals surface area contributed by atoms with E-state index in [2.05, 4.69) is 25.4 Å². The molecule has 1 aliphatic heterocycles. The molecule has 1 aromatic carbocycles. The third kappa shape index (κ3) is 5.87. The van der Waals surface area contributed by atoms with Crippen molar-refractivity contribution in [1.29, 1.82) is 0 Å². The molecule has 2 aromatic heterocycles. The summed E-state index contributed by atoms with van der Waals surface area (Å²) in [6.07, 6.45) is 6.52. The first kappa shape index (κ1) is 21.4. The largest absolute Gasteiger partial charge is 0.445 e. The van der Waals surface area contributed by atoms with Crippen LogP contribution in [0.5, 0.6) is 0 Å². The summed E-state index contributed by atoms with van der Waals surface area (Å²) < 4.78 is 10.5. The number of alkyl carbamates (subject to hydrolysis) is 1. The van der Waals surface area contributed by atoms with Crippen molar-refractivity contribution in [2.24, 2.45) is 5.92 Å². The predicted octanol–water partition coefficient (Wildman–Crippen LogP) is 2.23. The minimum Gasteiger partial charge on any atom is -0.445 e. The van der Waals surface area contributed by atoms with Crippen molar-refractivity contribution < 1.29 is 18.8 Å². The highest BCUT2D eigenvalue weighted by molar-refractivity contribution is 5.82. The number of piperidine rings is 1. The van der Waals surface area contributed by atoms with Gasteiger partial charge in [-0.1, -0.05) is 35.5 Å². The Morgan fingerprint density at radius 1 is 1.22 bits per heavy atom. The Hall–Kier alpha value is -3.82. The van der Waals surface area contributed by atoms with Gasteiger partial charge in [0, 0.05) is 31.9 Å². The first-order valence-electron chi connectivity index (χ1n) is 10.5. The highest BCUT2D eigenvalue weighted by Gasteiger charge is 2.26. The Kier molecular flexibility index (Phi) is 7.01. The van der Waals surface area contributed by atoms with Gasteiger partial charge in [-0.25, -0.2) is 9.78 Å². The summed E-state index contributed by atoms with van der Waals surface area (Å²) in [5.41, 5.74) is 1.43. The Morgan fingerprint density at radius 2 is 2.09 bits per heavy atom. The fourth-order valence-electron chi connectivity index (χ4n) is 3.60. The standard InChI is InChI=1S/C22H24N6O4/c29-20(13-25-22(30)31-15-16-5-2-1-3-6-16)28-10-4-7-17(14-28)11-19-26-21(27-32-19)18-12-23-8-9-24-18/h1-3,5-6,8-9,12,17H,4,7,10-11,13-15H2,(H,25,30)/t17-/m1/s1. The van der Waals surface area contributed by atoms with Crippen molar-refractivity contribution in [1.82, 2.24) is 30.3 Å². The molecule has 0 unspecified atom stereocenters. The summed E-state index contributed by atoms with van der Waals surface area (Å²) in [6, 6.07) is 9.37. The van der Waals surface area contributed by atoms with E-state index < -0.39 is 6.09 Å². The molecule has 3 heterocycles. The van der Waals surface area contributed by atoms with Crippen LogP contribution in [0.3, 0.4) is 0 Å². The van der Waals surface area contributed by atoms with Crippen molar-refractivity contribution in [2.45, 2.75) is 25.9 Å². The van der Waals surface area contributed by atoms with Crippen LogP contribution >= 0.6 is 0 Å². The van der Waals surface area contributed by atoms with Crippen LogP contribution in [-0.4, -0.2) is 56.6 Å². The van der Waals surface area contributed by atoms with Gasteiger partial charge in [-0.15, -0.1) is 0 Å². The molecule has 2 amide bonds. The van der Waals surface area contributed by atoms with Crippen LogP contribution in [0.1, 0.15) is 24.3 Å². The lowest BCUT2D eigenvalue weighted by Gasteiger charge is -2.32. The van der Waals surface area contributed by atoms with Crippen LogP contribution in [-0.2, 0) is 22.6 Å². The fourth-order valence-corrected chi connectivity index (χ4v) is 3.60. The fraction of sp³-hybridized carbons (Fsp3) is 0.364. The number of likely N-dealkylation sites (tertiary alicyclic amines) is 1. The van der Waals surface area contributed by atoms with Gasteiger partial charge in [0.05, 0.1) is 6.20 Å². The van der Waals surface area contributed by atoms with Gasteiger partial charge in [0.1, 0.15) is 18.8 Å². The zero-order valence-corrected chi connectivity index (χ0v) is 17.5. The lowest BCUT2D eigenvalue weighted by atomic mass is 9.94. The average molecular weight is 436 g/mol. The molecule has 4 rings (SSSR count). The highest BCUT2D eigenvalue weighted by atomic mass is 16.5. The van der Waals surface area contributed by atoms with Gasteiger partial charge in [0.15, 0.2) is 0 Å². The second-order valence-electron chi connectivity index (χ2n) is 7.57. The second kappa shape index (κ2) is 10.5. The van der Waals surface area contributed by atoms with Crippen LogP contribution in [0.2, 0.25) is 0 Å². The number of benzene rings is 1. The van der Waals surface area contributed by atoms with E-state index in [1.54, 1.807) is 23.5 Å². The predicted molar refractivity (Wildman–Crippen MR) is 113 cm³/mol. The van der Waals surface area contributed by atoms with E-state index in [-0.39, 0.29) is 25.0 Å². The van der Waals surface area contributed by atoms with E-state index >= 15 is 0 Å². The van der Waals surface area contributed by atoms with E-state index in [4.69, 9.17) is 9.26 Å². The molecule has 0 bridgehead atoms. The third-order valence-corrected chi connectivity index (χ3v) is 5.19. The van der Waals surface area contributed by atoms with Crippen molar-refractivity contribution in [2.75, 3.05) is 19.6 Å². The van der Waals surface area contributed by atoms with Crippen LogP contribution in [0, 0.1) is 5.92 Å². The lowest BCUT2D eigenvalue weighted by Crippen LogP contribution is -2.45. The van der Waals surface area contributed by atoms with E-state index in [9.17, 15) is 9.59 Å². The van der Waals surface area contributed by atoms with Gasteiger partial charge in [-0.3, -0.25) is 9.78 Å². The third-order valence-electron chi connectivity index (χ3n) is 5.19. The molecular formula is C22H24N6O4. The maximum atomic E-state index is 12.6. The lowest BCUT2D eigenvalue weighted by molar-refractivity contribution is -0.132. The van der Waals surface area contributed by atoms with Gasteiger partial charge in [-0.05, 0) is 24.3 Å². The molecule has 1 aliphatic rings. The summed E-state index contributed by atoms with van der Waals surface area (Å²) >= 11 is 0. The quantitative estimate of drug-likeness (QED) is 0.598. The van der Waals surface area contributed by atoms with Crippen molar-refractivity contribution >= 4 is 12.0 Å². The van der Waals surface area contributed by atoms with E-state index in [0.29, 0.717) is 36.9 Å². The molecule has 166 valence electrons. The SMILES string of the molecule is O=C(NCC(=O)N1CCC[C@H](Cc2nc(-c3cnccn3)no2)C1)OCc1ccccc1. The number of hydrogen-bond donors (Lipinski definition) is 1. The Balaban J connectivity index is 1.22. The highest BCUT2D eigenvalue weighted by Crippen LogP contribution is 2.21. The molecule has 0 saturated carbocycles. The molecule has 1 fully saturated rings. The maximum absolute atomic E-state index is 12.6.